The average Bonchev–Trinajstić information content (AvgIpc) is 2.96. The highest BCUT2D eigenvalue weighted by molar-refractivity contribution is 7.09. The summed E-state index contributed by atoms with van der Waals surface area (Å²) in [5.74, 6) is -1.01. The van der Waals surface area contributed by atoms with Gasteiger partial charge >= 0.3 is 5.97 Å². The molecule has 2 N–H and O–H groups in total. The van der Waals surface area contributed by atoms with Gasteiger partial charge in [-0.3, -0.25) is 9.59 Å². The Morgan fingerprint density at radius 1 is 1.60 bits per heavy atom. The Hall–Kier alpha value is -1.47. The van der Waals surface area contributed by atoms with E-state index in [0.717, 1.165) is 5.01 Å². The molecule has 0 spiro atoms. The minimum absolute atomic E-state index is 0.139. The van der Waals surface area contributed by atoms with Gasteiger partial charge in [-0.2, -0.15) is 0 Å². The Morgan fingerprint density at radius 3 is 2.85 bits per heavy atom. The van der Waals surface area contributed by atoms with E-state index in [0.29, 0.717) is 18.7 Å². The first-order valence-corrected chi connectivity index (χ1v) is 7.37. The third-order valence-electron chi connectivity index (χ3n) is 3.22. The number of carbonyl (C=O) groups is 2. The molecule has 0 aromatic carbocycles. The lowest BCUT2D eigenvalue weighted by Gasteiger charge is -2.26. The smallest absolute Gasteiger partial charge is 0.305 e. The summed E-state index contributed by atoms with van der Waals surface area (Å²) in [5, 5.41) is 14.4. The summed E-state index contributed by atoms with van der Waals surface area (Å²) in [6.07, 6.45) is 0.367. The zero-order valence-corrected chi connectivity index (χ0v) is 12.3. The van der Waals surface area contributed by atoms with Gasteiger partial charge in [0.15, 0.2) is 0 Å². The lowest BCUT2D eigenvalue weighted by Crippen LogP contribution is -2.50. The molecule has 1 aromatic rings. The summed E-state index contributed by atoms with van der Waals surface area (Å²) < 4.78 is 5.25. The van der Waals surface area contributed by atoms with Crippen molar-refractivity contribution in [2.75, 3.05) is 13.2 Å². The Morgan fingerprint density at radius 2 is 2.35 bits per heavy atom. The van der Waals surface area contributed by atoms with Crippen molar-refractivity contribution in [2.24, 2.45) is 0 Å². The van der Waals surface area contributed by atoms with Crippen LogP contribution in [0.25, 0.3) is 0 Å². The number of thiazole rings is 1. The molecule has 0 aliphatic carbocycles. The average molecular weight is 298 g/mol. The van der Waals surface area contributed by atoms with Crippen molar-refractivity contribution in [1.29, 1.82) is 0 Å². The second kappa shape index (κ2) is 5.88. The van der Waals surface area contributed by atoms with Gasteiger partial charge in [-0.1, -0.05) is 13.8 Å². The molecule has 1 unspecified atom stereocenters. The molecular weight excluding hydrogens is 280 g/mol. The van der Waals surface area contributed by atoms with Crippen LogP contribution in [-0.2, 0) is 9.53 Å². The van der Waals surface area contributed by atoms with Crippen LogP contribution in [0.15, 0.2) is 5.38 Å². The van der Waals surface area contributed by atoms with Gasteiger partial charge in [-0.05, 0) is 6.42 Å². The van der Waals surface area contributed by atoms with E-state index in [4.69, 9.17) is 9.84 Å². The molecule has 0 bridgehead atoms. The van der Waals surface area contributed by atoms with E-state index in [-0.39, 0.29) is 24.9 Å². The summed E-state index contributed by atoms with van der Waals surface area (Å²) in [6, 6.07) is 0. The normalized spacial score (nSPS) is 22.1. The fraction of sp³-hybridized carbons (Fsp3) is 0.615. The molecule has 110 valence electrons. The lowest BCUT2D eigenvalue weighted by atomic mass is 9.94. The van der Waals surface area contributed by atoms with Crippen LogP contribution < -0.4 is 5.32 Å². The van der Waals surface area contributed by atoms with Gasteiger partial charge in [0.2, 0.25) is 0 Å². The Labute approximate surface area is 121 Å². The van der Waals surface area contributed by atoms with E-state index in [9.17, 15) is 9.59 Å². The highest BCUT2D eigenvalue weighted by Crippen LogP contribution is 2.24. The number of carboxylic acid groups (broad SMARTS) is 1. The molecule has 1 aromatic heterocycles. The molecular formula is C13H18N2O4S. The Kier molecular flexibility index (Phi) is 4.39. The first-order chi connectivity index (χ1) is 9.42. The van der Waals surface area contributed by atoms with Gasteiger partial charge in [0.25, 0.3) is 5.91 Å². The van der Waals surface area contributed by atoms with Crippen LogP contribution in [0, 0.1) is 0 Å². The van der Waals surface area contributed by atoms with Gasteiger partial charge in [0.05, 0.1) is 23.6 Å². The van der Waals surface area contributed by atoms with E-state index >= 15 is 0 Å². The molecule has 7 heteroatoms. The van der Waals surface area contributed by atoms with Crippen molar-refractivity contribution in [2.45, 2.75) is 38.1 Å². The van der Waals surface area contributed by atoms with Gasteiger partial charge in [0, 0.05) is 17.9 Å². The number of nitrogens with one attached hydrogen (secondary N) is 1. The number of amides is 1. The summed E-state index contributed by atoms with van der Waals surface area (Å²) in [4.78, 5) is 27.4. The van der Waals surface area contributed by atoms with Crippen molar-refractivity contribution in [3.63, 3.8) is 0 Å². The van der Waals surface area contributed by atoms with Crippen LogP contribution in [0.2, 0.25) is 0 Å². The molecule has 1 fully saturated rings. The van der Waals surface area contributed by atoms with Crippen LogP contribution in [-0.4, -0.2) is 40.7 Å². The third kappa shape index (κ3) is 3.34. The molecule has 1 atom stereocenters. The van der Waals surface area contributed by atoms with Crippen molar-refractivity contribution in [1.82, 2.24) is 10.3 Å². The molecule has 0 saturated carbocycles. The van der Waals surface area contributed by atoms with Crippen LogP contribution in [0.5, 0.6) is 0 Å². The minimum atomic E-state index is -0.947. The number of rotatable bonds is 5. The molecule has 1 aliphatic heterocycles. The SMILES string of the molecule is CC(C)c1nc(C(=O)NC2(CC(=O)O)CCOC2)cs1. The number of carbonyl (C=O) groups excluding carboxylic acids is 1. The first kappa shape index (κ1) is 14.9. The zero-order chi connectivity index (χ0) is 14.8. The fourth-order valence-corrected chi connectivity index (χ4v) is 2.96. The molecule has 20 heavy (non-hydrogen) atoms. The number of hydrogen-bond donors (Lipinski definition) is 2. The van der Waals surface area contributed by atoms with Crippen LogP contribution in [0.3, 0.4) is 0 Å². The van der Waals surface area contributed by atoms with Crippen molar-refractivity contribution in [3.8, 4) is 0 Å². The Bertz CT molecular complexity index is 506. The van der Waals surface area contributed by atoms with Gasteiger partial charge in [-0.25, -0.2) is 4.98 Å². The standard InChI is InChI=1S/C13H18N2O4S/c1-8(2)12-14-9(6-20-12)11(18)15-13(5-10(16)17)3-4-19-7-13/h6,8H,3-5,7H2,1-2H3,(H,15,18)(H,16,17). The highest BCUT2D eigenvalue weighted by Gasteiger charge is 2.39. The maximum atomic E-state index is 12.2. The first-order valence-electron chi connectivity index (χ1n) is 6.49. The maximum absolute atomic E-state index is 12.2. The van der Waals surface area contributed by atoms with Gasteiger partial charge in [-0.15, -0.1) is 11.3 Å². The van der Waals surface area contributed by atoms with Gasteiger partial charge < -0.3 is 15.2 Å². The summed E-state index contributed by atoms with van der Waals surface area (Å²) >= 11 is 1.44. The molecule has 2 rings (SSSR count). The largest absolute Gasteiger partial charge is 0.481 e. The highest BCUT2D eigenvalue weighted by atomic mass is 32.1. The second-order valence-corrected chi connectivity index (χ2v) is 6.22. The van der Waals surface area contributed by atoms with Crippen molar-refractivity contribution in [3.05, 3.63) is 16.1 Å². The fourth-order valence-electron chi connectivity index (χ4n) is 2.14. The predicted octanol–water partition coefficient (Wildman–Crippen LogP) is 1.63. The van der Waals surface area contributed by atoms with E-state index in [1.807, 2.05) is 13.8 Å². The van der Waals surface area contributed by atoms with Crippen molar-refractivity contribution >= 4 is 23.2 Å². The van der Waals surface area contributed by atoms with Crippen molar-refractivity contribution < 1.29 is 19.4 Å². The minimum Gasteiger partial charge on any atom is -0.481 e. The van der Waals surface area contributed by atoms with E-state index in [2.05, 4.69) is 10.3 Å². The number of ether oxygens (including phenoxy) is 1. The summed E-state index contributed by atoms with van der Waals surface area (Å²) in [6.45, 7) is 4.71. The maximum Gasteiger partial charge on any atom is 0.305 e. The number of aromatic nitrogens is 1. The molecule has 6 nitrogen and oxygen atoms in total. The van der Waals surface area contributed by atoms with Crippen LogP contribution in [0.1, 0.15) is 48.1 Å². The van der Waals surface area contributed by atoms with Crippen LogP contribution >= 0.6 is 11.3 Å². The number of aliphatic carboxylic acids is 1. The third-order valence-corrected chi connectivity index (χ3v) is 4.37. The number of carboxylic acids is 1. The van der Waals surface area contributed by atoms with Crippen LogP contribution in [0.4, 0.5) is 0 Å². The molecule has 1 saturated heterocycles. The number of nitrogens with zero attached hydrogens (tertiary/aromatic N) is 1. The molecule has 0 radical (unpaired) electrons. The monoisotopic (exact) mass is 298 g/mol. The van der Waals surface area contributed by atoms with Gasteiger partial charge in [0.1, 0.15) is 5.69 Å². The topological polar surface area (TPSA) is 88.5 Å². The summed E-state index contributed by atoms with van der Waals surface area (Å²) in [5.41, 5.74) is -0.472. The molecule has 1 aliphatic rings. The number of hydrogen-bond acceptors (Lipinski definition) is 5. The molecule has 2 heterocycles. The lowest BCUT2D eigenvalue weighted by molar-refractivity contribution is -0.138. The second-order valence-electron chi connectivity index (χ2n) is 5.33. The predicted molar refractivity (Wildman–Crippen MR) is 74.1 cm³/mol. The quantitative estimate of drug-likeness (QED) is 0.862. The summed E-state index contributed by atoms with van der Waals surface area (Å²) in [7, 11) is 0. The Balaban J connectivity index is 2.09. The zero-order valence-electron chi connectivity index (χ0n) is 11.5. The molecule has 1 amide bonds. The van der Waals surface area contributed by atoms with E-state index in [1.54, 1.807) is 5.38 Å². The van der Waals surface area contributed by atoms with E-state index < -0.39 is 11.5 Å². The van der Waals surface area contributed by atoms with E-state index in [1.165, 1.54) is 11.3 Å².